The molecule has 0 bridgehead atoms. The smallest absolute Gasteiger partial charge is 0.342 e. The van der Waals surface area contributed by atoms with Crippen LogP contribution in [0.2, 0.25) is 0 Å². The highest BCUT2D eigenvalue weighted by Crippen LogP contribution is 2.26. The normalized spacial score (nSPS) is 11.9. The number of carbonyl (C=O) groups is 1. The van der Waals surface area contributed by atoms with Crippen molar-refractivity contribution in [2.75, 3.05) is 0 Å². The summed E-state index contributed by atoms with van der Waals surface area (Å²) in [6.07, 6.45) is -0.734. The van der Waals surface area contributed by atoms with Gasteiger partial charge in [-0.1, -0.05) is 30.3 Å². The van der Waals surface area contributed by atoms with E-state index in [0.29, 0.717) is 11.5 Å². The third-order valence-corrected chi connectivity index (χ3v) is 3.55. The van der Waals surface area contributed by atoms with E-state index in [1.807, 2.05) is 30.3 Å². The van der Waals surface area contributed by atoms with Crippen LogP contribution >= 0.6 is 0 Å². The minimum atomic E-state index is -0.734. The molecule has 122 valence electrons. The Morgan fingerprint density at radius 1 is 1.12 bits per heavy atom. The Morgan fingerprint density at radius 2 is 1.88 bits per heavy atom. The molecule has 0 saturated carbocycles. The monoisotopic (exact) mass is 324 g/mol. The maximum absolute atomic E-state index is 12.2. The van der Waals surface area contributed by atoms with Crippen LogP contribution in [0.4, 0.5) is 0 Å². The highest BCUT2D eigenvalue weighted by Gasteiger charge is 2.22. The van der Waals surface area contributed by atoms with Crippen molar-refractivity contribution in [3.63, 3.8) is 0 Å². The standard InChI is InChI=1S/C18H16N2O4/c1-11-7-6-10-14(15(11)21)18(22)23-12(2)16-19-20-17(24-16)13-8-4-3-5-9-13/h3-10,12,21H,1-2H3/t12-/m0/s1. The first-order chi connectivity index (χ1) is 11.6. The number of para-hydroxylation sites is 1. The molecule has 6 heteroatoms. The first-order valence-corrected chi connectivity index (χ1v) is 7.44. The van der Waals surface area contributed by atoms with Gasteiger partial charge in [0.15, 0.2) is 6.10 Å². The Bertz CT molecular complexity index is 858. The topological polar surface area (TPSA) is 85.5 Å². The van der Waals surface area contributed by atoms with Gasteiger partial charge in [-0.25, -0.2) is 4.79 Å². The fraction of sp³-hybridized carbons (Fsp3) is 0.167. The van der Waals surface area contributed by atoms with E-state index in [-0.39, 0.29) is 17.2 Å². The number of phenolic OH excluding ortho intramolecular Hbond substituents is 1. The fourth-order valence-corrected chi connectivity index (χ4v) is 2.19. The predicted molar refractivity (Wildman–Crippen MR) is 86.4 cm³/mol. The van der Waals surface area contributed by atoms with Crippen LogP contribution < -0.4 is 0 Å². The number of phenols is 1. The molecule has 24 heavy (non-hydrogen) atoms. The number of aromatic nitrogens is 2. The van der Waals surface area contributed by atoms with Crippen LogP contribution in [0.15, 0.2) is 52.9 Å². The Kier molecular flexibility index (Phi) is 4.29. The number of carbonyl (C=O) groups excluding carboxylic acids is 1. The summed E-state index contributed by atoms with van der Waals surface area (Å²) in [7, 11) is 0. The zero-order chi connectivity index (χ0) is 17.1. The van der Waals surface area contributed by atoms with Crippen molar-refractivity contribution in [1.82, 2.24) is 10.2 Å². The number of benzene rings is 2. The van der Waals surface area contributed by atoms with Crippen LogP contribution in [0, 0.1) is 6.92 Å². The number of ether oxygens (including phenoxy) is 1. The van der Waals surface area contributed by atoms with Gasteiger partial charge in [0.25, 0.3) is 5.89 Å². The van der Waals surface area contributed by atoms with Crippen molar-refractivity contribution in [3.8, 4) is 17.2 Å². The van der Waals surface area contributed by atoms with Gasteiger partial charge in [0, 0.05) is 5.56 Å². The SMILES string of the molecule is Cc1cccc(C(=O)O[C@@H](C)c2nnc(-c3ccccc3)o2)c1O. The van der Waals surface area contributed by atoms with E-state index < -0.39 is 12.1 Å². The first-order valence-electron chi connectivity index (χ1n) is 7.44. The van der Waals surface area contributed by atoms with Crippen molar-refractivity contribution in [1.29, 1.82) is 0 Å². The second kappa shape index (κ2) is 6.54. The van der Waals surface area contributed by atoms with E-state index in [1.165, 1.54) is 6.07 Å². The van der Waals surface area contributed by atoms with Crippen molar-refractivity contribution in [3.05, 3.63) is 65.5 Å². The largest absolute Gasteiger partial charge is 0.507 e. The third-order valence-electron chi connectivity index (χ3n) is 3.55. The molecule has 3 rings (SSSR count). The molecule has 0 unspecified atom stereocenters. The van der Waals surface area contributed by atoms with E-state index in [0.717, 1.165) is 5.56 Å². The summed E-state index contributed by atoms with van der Waals surface area (Å²) in [5, 5.41) is 17.8. The molecule has 0 spiro atoms. The van der Waals surface area contributed by atoms with Gasteiger partial charge in [-0.2, -0.15) is 0 Å². The minimum absolute atomic E-state index is 0.0924. The van der Waals surface area contributed by atoms with E-state index >= 15 is 0 Å². The molecule has 0 saturated heterocycles. The summed E-state index contributed by atoms with van der Waals surface area (Å²) in [6, 6.07) is 14.2. The summed E-state index contributed by atoms with van der Waals surface area (Å²) in [4.78, 5) is 12.2. The molecule has 3 aromatic rings. The second-order valence-corrected chi connectivity index (χ2v) is 5.33. The minimum Gasteiger partial charge on any atom is -0.507 e. The molecule has 1 N–H and O–H groups in total. The number of aromatic hydroxyl groups is 1. The summed E-state index contributed by atoms with van der Waals surface area (Å²) in [5.41, 5.74) is 1.48. The van der Waals surface area contributed by atoms with Crippen LogP contribution in [-0.2, 0) is 4.74 Å². The molecule has 0 aliphatic heterocycles. The third kappa shape index (κ3) is 3.12. The number of hydrogen-bond acceptors (Lipinski definition) is 6. The van der Waals surface area contributed by atoms with E-state index in [1.54, 1.807) is 26.0 Å². The Morgan fingerprint density at radius 3 is 2.62 bits per heavy atom. The molecule has 1 heterocycles. The molecular weight excluding hydrogens is 308 g/mol. The van der Waals surface area contributed by atoms with Gasteiger partial charge < -0.3 is 14.3 Å². The lowest BCUT2D eigenvalue weighted by molar-refractivity contribution is 0.0276. The molecular formula is C18H16N2O4. The van der Waals surface area contributed by atoms with Gasteiger partial charge >= 0.3 is 5.97 Å². The molecule has 0 fully saturated rings. The summed E-state index contributed by atoms with van der Waals surface area (Å²) < 4.78 is 10.9. The average Bonchev–Trinajstić information content (AvgIpc) is 3.08. The lowest BCUT2D eigenvalue weighted by Crippen LogP contribution is -2.10. The Labute approximate surface area is 138 Å². The molecule has 6 nitrogen and oxygen atoms in total. The zero-order valence-electron chi connectivity index (χ0n) is 13.3. The average molecular weight is 324 g/mol. The number of nitrogens with zero attached hydrogens (tertiary/aromatic N) is 2. The van der Waals surface area contributed by atoms with Crippen LogP contribution in [-0.4, -0.2) is 21.3 Å². The van der Waals surface area contributed by atoms with Crippen molar-refractivity contribution in [2.24, 2.45) is 0 Å². The lowest BCUT2D eigenvalue weighted by Gasteiger charge is -2.11. The second-order valence-electron chi connectivity index (χ2n) is 5.33. The molecule has 2 aromatic carbocycles. The maximum atomic E-state index is 12.2. The summed E-state index contributed by atoms with van der Waals surface area (Å²) in [5.74, 6) is -0.199. The van der Waals surface area contributed by atoms with Gasteiger partial charge in [0.2, 0.25) is 5.89 Å². The van der Waals surface area contributed by atoms with Crippen molar-refractivity contribution in [2.45, 2.75) is 20.0 Å². The van der Waals surface area contributed by atoms with Crippen molar-refractivity contribution < 1.29 is 19.1 Å². The highest BCUT2D eigenvalue weighted by atomic mass is 16.6. The van der Waals surface area contributed by atoms with Crippen LogP contribution in [0.25, 0.3) is 11.5 Å². The molecule has 0 aliphatic rings. The van der Waals surface area contributed by atoms with Gasteiger partial charge in [0.1, 0.15) is 11.3 Å². The molecule has 0 amide bonds. The van der Waals surface area contributed by atoms with E-state index in [4.69, 9.17) is 9.15 Å². The number of hydrogen-bond donors (Lipinski definition) is 1. The number of esters is 1. The van der Waals surface area contributed by atoms with Gasteiger partial charge in [-0.15, -0.1) is 10.2 Å². The van der Waals surface area contributed by atoms with Gasteiger partial charge in [0.05, 0.1) is 0 Å². The van der Waals surface area contributed by atoms with Gasteiger partial charge in [-0.05, 0) is 37.6 Å². The Balaban J connectivity index is 1.76. The quantitative estimate of drug-likeness (QED) is 0.737. The fourth-order valence-electron chi connectivity index (χ4n) is 2.19. The number of aryl methyl sites for hydroxylation is 1. The predicted octanol–water partition coefficient (Wildman–Crippen LogP) is 3.67. The van der Waals surface area contributed by atoms with Gasteiger partial charge in [-0.3, -0.25) is 0 Å². The van der Waals surface area contributed by atoms with E-state index in [2.05, 4.69) is 10.2 Å². The zero-order valence-corrected chi connectivity index (χ0v) is 13.3. The summed E-state index contributed by atoms with van der Waals surface area (Å²) >= 11 is 0. The summed E-state index contributed by atoms with van der Waals surface area (Å²) in [6.45, 7) is 3.34. The highest BCUT2D eigenvalue weighted by molar-refractivity contribution is 5.92. The van der Waals surface area contributed by atoms with Crippen LogP contribution in [0.3, 0.4) is 0 Å². The maximum Gasteiger partial charge on any atom is 0.342 e. The number of rotatable bonds is 4. The van der Waals surface area contributed by atoms with Crippen molar-refractivity contribution >= 4 is 5.97 Å². The first kappa shape index (κ1) is 15.7. The van der Waals surface area contributed by atoms with Crippen LogP contribution in [0.5, 0.6) is 5.75 Å². The molecule has 1 aromatic heterocycles. The van der Waals surface area contributed by atoms with Crippen LogP contribution in [0.1, 0.15) is 34.8 Å². The van der Waals surface area contributed by atoms with E-state index in [9.17, 15) is 9.90 Å². The molecule has 1 atom stereocenters. The lowest BCUT2D eigenvalue weighted by atomic mass is 10.1. The molecule has 0 aliphatic carbocycles. The molecule has 0 radical (unpaired) electrons. The Hall–Kier alpha value is -3.15.